The molecule has 0 aliphatic carbocycles. The number of nitrogens with one attached hydrogen (secondary N) is 1. The van der Waals surface area contributed by atoms with Crippen LogP contribution in [0.5, 0.6) is 0 Å². The molecule has 0 unspecified atom stereocenters. The zero-order valence-electron chi connectivity index (χ0n) is 7.79. The second kappa shape index (κ2) is 4.67. The van der Waals surface area contributed by atoms with Crippen molar-refractivity contribution in [2.75, 3.05) is 13.7 Å². The van der Waals surface area contributed by atoms with Crippen molar-refractivity contribution >= 4 is 5.97 Å². The monoisotopic (exact) mass is 183 g/mol. The van der Waals surface area contributed by atoms with Gasteiger partial charge in [0, 0.05) is 18.9 Å². The summed E-state index contributed by atoms with van der Waals surface area (Å²) >= 11 is 0. The molecule has 0 fully saturated rings. The normalized spacial score (nSPS) is 10.0. The van der Waals surface area contributed by atoms with Gasteiger partial charge in [0.1, 0.15) is 5.69 Å². The van der Waals surface area contributed by atoms with Gasteiger partial charge < -0.3 is 14.5 Å². The van der Waals surface area contributed by atoms with Gasteiger partial charge in [0.2, 0.25) is 0 Å². The van der Waals surface area contributed by atoms with Crippen LogP contribution < -0.4 is 0 Å². The van der Waals surface area contributed by atoms with E-state index in [1.165, 1.54) is 0 Å². The number of ether oxygens (including phenoxy) is 2. The highest BCUT2D eigenvalue weighted by Crippen LogP contribution is 2.09. The van der Waals surface area contributed by atoms with Gasteiger partial charge in [0.05, 0.1) is 13.2 Å². The van der Waals surface area contributed by atoms with Gasteiger partial charge in [0.25, 0.3) is 0 Å². The Hall–Kier alpha value is -1.29. The number of carbonyl (C=O) groups is 1. The Morgan fingerprint density at radius 3 is 3.00 bits per heavy atom. The van der Waals surface area contributed by atoms with Crippen LogP contribution in [0.1, 0.15) is 23.0 Å². The zero-order valence-corrected chi connectivity index (χ0v) is 7.79. The van der Waals surface area contributed by atoms with Gasteiger partial charge >= 0.3 is 5.97 Å². The van der Waals surface area contributed by atoms with Crippen molar-refractivity contribution in [1.82, 2.24) is 4.98 Å². The average Bonchev–Trinajstić information content (AvgIpc) is 2.54. The fourth-order valence-electron chi connectivity index (χ4n) is 1.07. The van der Waals surface area contributed by atoms with Gasteiger partial charge in [-0.15, -0.1) is 0 Å². The smallest absolute Gasteiger partial charge is 0.355 e. The van der Waals surface area contributed by atoms with E-state index in [0.29, 0.717) is 18.9 Å². The number of aromatic nitrogens is 1. The number of rotatable bonds is 4. The van der Waals surface area contributed by atoms with E-state index in [1.807, 2.05) is 0 Å². The van der Waals surface area contributed by atoms with Gasteiger partial charge in [-0.05, 0) is 13.0 Å². The molecule has 0 aromatic carbocycles. The molecule has 0 saturated heterocycles. The largest absolute Gasteiger partial charge is 0.461 e. The van der Waals surface area contributed by atoms with Crippen LogP contribution >= 0.6 is 0 Å². The molecule has 0 amide bonds. The molecule has 72 valence electrons. The second-order valence-corrected chi connectivity index (χ2v) is 2.53. The lowest BCUT2D eigenvalue weighted by molar-refractivity contribution is 0.0515. The Labute approximate surface area is 76.9 Å². The van der Waals surface area contributed by atoms with Crippen LogP contribution in [0.3, 0.4) is 0 Å². The number of hydrogen-bond acceptors (Lipinski definition) is 3. The van der Waals surface area contributed by atoms with Crippen molar-refractivity contribution in [2.24, 2.45) is 0 Å². The molecule has 4 nitrogen and oxygen atoms in total. The van der Waals surface area contributed by atoms with E-state index < -0.39 is 0 Å². The molecule has 0 aliphatic heterocycles. The van der Waals surface area contributed by atoms with Gasteiger partial charge in [-0.3, -0.25) is 0 Å². The number of H-pyrrole nitrogens is 1. The summed E-state index contributed by atoms with van der Waals surface area (Å²) in [4.78, 5) is 14.1. The van der Waals surface area contributed by atoms with Crippen molar-refractivity contribution in [3.63, 3.8) is 0 Å². The van der Waals surface area contributed by atoms with E-state index in [4.69, 9.17) is 9.47 Å². The first kappa shape index (κ1) is 9.80. The van der Waals surface area contributed by atoms with Gasteiger partial charge in [-0.2, -0.15) is 0 Å². The van der Waals surface area contributed by atoms with Gasteiger partial charge in [0.15, 0.2) is 0 Å². The predicted octanol–water partition coefficient (Wildman–Crippen LogP) is 1.34. The summed E-state index contributed by atoms with van der Waals surface area (Å²) in [7, 11) is 1.59. The first-order chi connectivity index (χ1) is 6.29. The third-order valence-electron chi connectivity index (χ3n) is 1.61. The SMILES string of the molecule is CCOC(=O)c1[nH]ccc1COC. The molecule has 1 aromatic rings. The van der Waals surface area contributed by atoms with E-state index in [0.717, 1.165) is 5.56 Å². The molecule has 4 heteroatoms. The lowest BCUT2D eigenvalue weighted by Gasteiger charge is -2.02. The van der Waals surface area contributed by atoms with Crippen molar-refractivity contribution < 1.29 is 14.3 Å². The average molecular weight is 183 g/mol. The maximum Gasteiger partial charge on any atom is 0.355 e. The Balaban J connectivity index is 2.74. The molecule has 1 N–H and O–H groups in total. The van der Waals surface area contributed by atoms with Crippen LogP contribution in [0.25, 0.3) is 0 Å². The number of methoxy groups -OCH3 is 1. The highest BCUT2D eigenvalue weighted by atomic mass is 16.5. The molecule has 1 aromatic heterocycles. The first-order valence-corrected chi connectivity index (χ1v) is 4.12. The first-order valence-electron chi connectivity index (χ1n) is 4.12. The van der Waals surface area contributed by atoms with E-state index in [2.05, 4.69) is 4.98 Å². The molecule has 0 radical (unpaired) electrons. The summed E-state index contributed by atoms with van der Waals surface area (Å²) in [5.41, 5.74) is 1.30. The maximum absolute atomic E-state index is 11.3. The number of aromatic amines is 1. The minimum atomic E-state index is -0.334. The van der Waals surface area contributed by atoms with E-state index in [9.17, 15) is 4.79 Å². The van der Waals surface area contributed by atoms with Crippen molar-refractivity contribution in [3.8, 4) is 0 Å². The highest BCUT2D eigenvalue weighted by molar-refractivity contribution is 5.89. The summed E-state index contributed by atoms with van der Waals surface area (Å²) < 4.78 is 9.77. The molecule has 1 heterocycles. The van der Waals surface area contributed by atoms with Gasteiger partial charge in [-0.25, -0.2) is 4.79 Å². The topological polar surface area (TPSA) is 51.3 Å². The van der Waals surface area contributed by atoms with E-state index >= 15 is 0 Å². The standard InChI is InChI=1S/C9H13NO3/c1-3-13-9(11)8-7(6-12-2)4-5-10-8/h4-5,10H,3,6H2,1-2H3. The molecule has 0 aliphatic rings. The molecule has 0 saturated carbocycles. The molecule has 0 atom stereocenters. The third kappa shape index (κ3) is 2.32. The van der Waals surface area contributed by atoms with Crippen LogP contribution in [0.2, 0.25) is 0 Å². The Morgan fingerprint density at radius 1 is 1.62 bits per heavy atom. The van der Waals surface area contributed by atoms with Crippen LogP contribution in [0.15, 0.2) is 12.3 Å². The zero-order chi connectivity index (χ0) is 9.68. The van der Waals surface area contributed by atoms with E-state index in [1.54, 1.807) is 26.3 Å². The fraction of sp³-hybridized carbons (Fsp3) is 0.444. The van der Waals surface area contributed by atoms with Crippen molar-refractivity contribution in [3.05, 3.63) is 23.5 Å². The highest BCUT2D eigenvalue weighted by Gasteiger charge is 2.12. The van der Waals surface area contributed by atoms with Crippen LogP contribution in [0, 0.1) is 0 Å². The predicted molar refractivity (Wildman–Crippen MR) is 47.5 cm³/mol. The fourth-order valence-corrected chi connectivity index (χ4v) is 1.07. The number of esters is 1. The maximum atomic E-state index is 11.3. The molecule has 0 bridgehead atoms. The quantitative estimate of drug-likeness (QED) is 0.716. The Kier molecular flexibility index (Phi) is 3.52. The van der Waals surface area contributed by atoms with Crippen LogP contribution in [-0.4, -0.2) is 24.7 Å². The van der Waals surface area contributed by atoms with Gasteiger partial charge in [-0.1, -0.05) is 0 Å². The molecular weight excluding hydrogens is 170 g/mol. The lowest BCUT2D eigenvalue weighted by Crippen LogP contribution is -2.08. The lowest BCUT2D eigenvalue weighted by atomic mass is 10.2. The Morgan fingerprint density at radius 2 is 2.38 bits per heavy atom. The molecule has 13 heavy (non-hydrogen) atoms. The van der Waals surface area contributed by atoms with E-state index in [-0.39, 0.29) is 5.97 Å². The molecular formula is C9H13NO3. The minimum Gasteiger partial charge on any atom is -0.461 e. The summed E-state index contributed by atoms with van der Waals surface area (Å²) in [6, 6.07) is 1.80. The number of hydrogen-bond donors (Lipinski definition) is 1. The van der Waals surface area contributed by atoms with Crippen LogP contribution in [-0.2, 0) is 16.1 Å². The molecule has 1 rings (SSSR count). The summed E-state index contributed by atoms with van der Waals surface area (Å²) in [5, 5.41) is 0. The van der Waals surface area contributed by atoms with Crippen molar-refractivity contribution in [2.45, 2.75) is 13.5 Å². The third-order valence-corrected chi connectivity index (χ3v) is 1.61. The Bertz CT molecular complexity index is 280. The van der Waals surface area contributed by atoms with Crippen molar-refractivity contribution in [1.29, 1.82) is 0 Å². The summed E-state index contributed by atoms with van der Waals surface area (Å²) in [6.45, 7) is 2.57. The summed E-state index contributed by atoms with van der Waals surface area (Å²) in [5.74, 6) is -0.334. The minimum absolute atomic E-state index is 0.334. The second-order valence-electron chi connectivity index (χ2n) is 2.53. The summed E-state index contributed by atoms with van der Waals surface area (Å²) in [6.07, 6.45) is 1.70. The van der Waals surface area contributed by atoms with Crippen LogP contribution in [0.4, 0.5) is 0 Å². The number of carbonyl (C=O) groups excluding carboxylic acids is 1. The molecule has 0 spiro atoms.